The number of rotatable bonds is 7. The first-order valence-corrected chi connectivity index (χ1v) is 9.26. The van der Waals surface area contributed by atoms with E-state index in [0.717, 1.165) is 42.4 Å². The molecule has 1 heterocycles. The molecule has 144 valence electrons. The maximum absolute atomic E-state index is 13.5. The number of hydrogen-bond donors (Lipinski definition) is 0. The summed E-state index contributed by atoms with van der Waals surface area (Å²) in [5.41, 5.74) is 3.03. The third-order valence-corrected chi connectivity index (χ3v) is 4.73. The maximum Gasteiger partial charge on any atom is 0.217 e. The van der Waals surface area contributed by atoms with Crippen molar-refractivity contribution in [3.63, 3.8) is 0 Å². The normalized spacial score (nSPS) is 15.2. The van der Waals surface area contributed by atoms with Crippen LogP contribution in [0.5, 0.6) is 5.88 Å². The van der Waals surface area contributed by atoms with Gasteiger partial charge in [0, 0.05) is 25.2 Å². The fraction of sp³-hybridized carbons (Fsp3) is 0.429. The van der Waals surface area contributed by atoms with Crippen molar-refractivity contribution in [1.29, 1.82) is 0 Å². The summed E-state index contributed by atoms with van der Waals surface area (Å²) in [5.74, 6) is -0.300. The average molecular weight is 373 g/mol. The second kappa shape index (κ2) is 8.03. The van der Waals surface area contributed by atoms with E-state index in [1.807, 2.05) is 24.9 Å². The highest BCUT2D eigenvalue weighted by atomic mass is 19.1. The van der Waals surface area contributed by atoms with E-state index in [2.05, 4.69) is 16.9 Å². The summed E-state index contributed by atoms with van der Waals surface area (Å²) in [6.07, 6.45) is 3.45. The van der Waals surface area contributed by atoms with E-state index >= 15 is 0 Å². The molecule has 1 aromatic heterocycles. The van der Waals surface area contributed by atoms with Crippen LogP contribution in [-0.2, 0) is 0 Å². The van der Waals surface area contributed by atoms with Gasteiger partial charge in [0.05, 0.1) is 17.7 Å². The number of hydrogen-bond acceptors (Lipinski definition) is 3. The van der Waals surface area contributed by atoms with Crippen LogP contribution in [-0.4, -0.2) is 29.8 Å². The van der Waals surface area contributed by atoms with E-state index in [-0.39, 0.29) is 0 Å². The van der Waals surface area contributed by atoms with Gasteiger partial charge in [-0.3, -0.25) is 0 Å². The van der Waals surface area contributed by atoms with Crippen LogP contribution >= 0.6 is 0 Å². The van der Waals surface area contributed by atoms with Crippen molar-refractivity contribution in [3.05, 3.63) is 52.7 Å². The van der Waals surface area contributed by atoms with E-state index in [1.165, 1.54) is 12.1 Å². The van der Waals surface area contributed by atoms with E-state index in [1.54, 1.807) is 13.3 Å². The van der Waals surface area contributed by atoms with Gasteiger partial charge in [-0.2, -0.15) is 0 Å². The van der Waals surface area contributed by atoms with Crippen molar-refractivity contribution in [1.82, 2.24) is 9.88 Å². The van der Waals surface area contributed by atoms with Crippen LogP contribution < -0.4 is 4.74 Å². The highest BCUT2D eigenvalue weighted by Gasteiger charge is 2.29. The van der Waals surface area contributed by atoms with Crippen molar-refractivity contribution in [2.24, 2.45) is 4.99 Å². The molecule has 0 spiro atoms. The Labute approximate surface area is 158 Å². The SMILES string of the molecule is CCN(C)C=Nc1cc(C2CC2)c(OC(C)c2cc(F)cc(F)c2)nc1C. The highest BCUT2D eigenvalue weighted by molar-refractivity contribution is 5.63. The predicted molar refractivity (Wildman–Crippen MR) is 103 cm³/mol. The minimum atomic E-state index is -0.614. The zero-order chi connectivity index (χ0) is 19.6. The number of benzene rings is 1. The molecule has 0 N–H and O–H groups in total. The number of halogens is 2. The Bertz CT molecular complexity index is 829. The topological polar surface area (TPSA) is 37.7 Å². The zero-order valence-corrected chi connectivity index (χ0v) is 16.2. The van der Waals surface area contributed by atoms with Gasteiger partial charge in [-0.1, -0.05) is 0 Å². The molecule has 1 aliphatic rings. The van der Waals surface area contributed by atoms with Crippen LogP contribution in [0.15, 0.2) is 29.3 Å². The van der Waals surface area contributed by atoms with E-state index < -0.39 is 17.7 Å². The molecule has 1 fully saturated rings. The van der Waals surface area contributed by atoms with E-state index in [9.17, 15) is 8.78 Å². The fourth-order valence-corrected chi connectivity index (χ4v) is 2.79. The van der Waals surface area contributed by atoms with Gasteiger partial charge in [-0.25, -0.2) is 18.8 Å². The summed E-state index contributed by atoms with van der Waals surface area (Å²) in [4.78, 5) is 11.1. The molecule has 3 rings (SSSR count). The second-order valence-electron chi connectivity index (χ2n) is 7.04. The van der Waals surface area contributed by atoms with Gasteiger partial charge in [-0.05, 0) is 63.3 Å². The highest BCUT2D eigenvalue weighted by Crippen LogP contribution is 2.46. The number of ether oxygens (including phenoxy) is 1. The number of nitrogens with zero attached hydrogens (tertiary/aromatic N) is 3. The Morgan fingerprint density at radius 1 is 1.26 bits per heavy atom. The number of aliphatic imine (C=N–C) groups is 1. The molecule has 4 nitrogen and oxygen atoms in total. The van der Waals surface area contributed by atoms with Crippen LogP contribution in [0.1, 0.15) is 55.5 Å². The second-order valence-corrected chi connectivity index (χ2v) is 7.04. The molecule has 0 bridgehead atoms. The van der Waals surface area contributed by atoms with Crippen LogP contribution in [0.3, 0.4) is 0 Å². The first-order valence-electron chi connectivity index (χ1n) is 9.26. The summed E-state index contributed by atoms with van der Waals surface area (Å²) >= 11 is 0. The third-order valence-electron chi connectivity index (χ3n) is 4.73. The predicted octanol–water partition coefficient (Wildman–Crippen LogP) is 5.30. The Morgan fingerprint density at radius 3 is 2.52 bits per heavy atom. The monoisotopic (exact) mass is 373 g/mol. The summed E-state index contributed by atoms with van der Waals surface area (Å²) in [7, 11) is 1.96. The molecular formula is C21H25F2N3O. The summed E-state index contributed by atoms with van der Waals surface area (Å²) in [5, 5.41) is 0. The molecule has 1 atom stereocenters. The first-order chi connectivity index (χ1) is 12.9. The molecule has 1 unspecified atom stereocenters. The zero-order valence-electron chi connectivity index (χ0n) is 16.2. The third kappa shape index (κ3) is 4.81. The summed E-state index contributed by atoms with van der Waals surface area (Å²) in [6, 6.07) is 5.45. The van der Waals surface area contributed by atoms with E-state index in [0.29, 0.717) is 17.4 Å². The van der Waals surface area contributed by atoms with Gasteiger partial charge in [0.25, 0.3) is 0 Å². The van der Waals surface area contributed by atoms with E-state index in [4.69, 9.17) is 4.74 Å². The number of pyridine rings is 1. The molecule has 27 heavy (non-hydrogen) atoms. The fourth-order valence-electron chi connectivity index (χ4n) is 2.79. The van der Waals surface area contributed by atoms with Crippen LogP contribution in [0, 0.1) is 18.6 Å². The van der Waals surface area contributed by atoms with Crippen LogP contribution in [0.4, 0.5) is 14.5 Å². The van der Waals surface area contributed by atoms with Crippen molar-refractivity contribution < 1.29 is 13.5 Å². The van der Waals surface area contributed by atoms with Gasteiger partial charge < -0.3 is 9.64 Å². The lowest BCUT2D eigenvalue weighted by Crippen LogP contribution is -2.14. The lowest BCUT2D eigenvalue weighted by Gasteiger charge is -2.18. The van der Waals surface area contributed by atoms with Gasteiger partial charge in [-0.15, -0.1) is 0 Å². The molecule has 0 radical (unpaired) electrons. The van der Waals surface area contributed by atoms with Crippen molar-refractivity contribution in [2.75, 3.05) is 13.6 Å². The van der Waals surface area contributed by atoms with Crippen LogP contribution in [0.2, 0.25) is 0 Å². The first kappa shape index (κ1) is 19.3. The molecule has 2 aromatic rings. The van der Waals surface area contributed by atoms with Gasteiger partial charge in [0.15, 0.2) is 0 Å². The molecule has 6 heteroatoms. The summed E-state index contributed by atoms with van der Waals surface area (Å²) in [6.45, 7) is 6.58. The molecule has 0 amide bonds. The molecule has 1 aromatic carbocycles. The van der Waals surface area contributed by atoms with Crippen molar-refractivity contribution in [3.8, 4) is 5.88 Å². The van der Waals surface area contributed by atoms with Crippen molar-refractivity contribution >= 4 is 12.0 Å². The standard InChI is InChI=1S/C21H25F2N3O/c1-5-26(4)12-24-20-11-19(15-6-7-15)21(25-13(20)2)27-14(3)16-8-17(22)10-18(23)9-16/h8-12,14-15H,5-7H2,1-4H3. The quantitative estimate of drug-likeness (QED) is 0.488. The largest absolute Gasteiger partial charge is 0.470 e. The smallest absolute Gasteiger partial charge is 0.217 e. The average Bonchev–Trinajstić information content (AvgIpc) is 3.44. The Morgan fingerprint density at radius 2 is 1.93 bits per heavy atom. The summed E-state index contributed by atoms with van der Waals surface area (Å²) < 4.78 is 33.0. The lowest BCUT2D eigenvalue weighted by atomic mass is 10.1. The molecule has 1 saturated carbocycles. The number of aryl methyl sites for hydroxylation is 1. The van der Waals surface area contributed by atoms with Gasteiger partial charge >= 0.3 is 0 Å². The van der Waals surface area contributed by atoms with Crippen molar-refractivity contribution in [2.45, 2.75) is 45.6 Å². The molecule has 0 aliphatic heterocycles. The van der Waals surface area contributed by atoms with Gasteiger partial charge in [0.2, 0.25) is 5.88 Å². The Balaban J connectivity index is 1.88. The molecule has 0 saturated heterocycles. The van der Waals surface area contributed by atoms with Crippen LogP contribution in [0.25, 0.3) is 0 Å². The number of aromatic nitrogens is 1. The Kier molecular flexibility index (Phi) is 5.73. The lowest BCUT2D eigenvalue weighted by molar-refractivity contribution is 0.213. The minimum Gasteiger partial charge on any atom is -0.470 e. The maximum atomic E-state index is 13.5. The molecular weight excluding hydrogens is 348 g/mol. The molecule has 1 aliphatic carbocycles. The van der Waals surface area contributed by atoms with Gasteiger partial charge in [0.1, 0.15) is 17.7 Å². The minimum absolute atomic E-state index is 0.405. The Hall–Kier alpha value is -2.50.